The molecule has 4 unspecified atom stereocenters. The SMILES string of the molecule is O=CC(CC1CCN(P)C1=O)NP. The van der Waals surface area contributed by atoms with E-state index in [2.05, 4.69) is 23.9 Å². The van der Waals surface area contributed by atoms with E-state index in [1.165, 1.54) is 0 Å². The third-order valence-corrected chi connectivity index (χ3v) is 3.21. The minimum atomic E-state index is -0.226. The molecule has 0 spiro atoms. The van der Waals surface area contributed by atoms with E-state index in [1.807, 2.05) is 0 Å². The summed E-state index contributed by atoms with van der Waals surface area (Å²) < 4.78 is 1.63. The molecule has 0 radical (unpaired) electrons. The molecule has 1 rings (SSSR count). The van der Waals surface area contributed by atoms with Gasteiger partial charge in [-0.05, 0) is 22.2 Å². The summed E-state index contributed by atoms with van der Waals surface area (Å²) in [5.74, 6) is 0.123. The first-order valence-electron chi connectivity index (χ1n) is 4.16. The Morgan fingerprint density at radius 2 is 2.46 bits per heavy atom. The van der Waals surface area contributed by atoms with E-state index >= 15 is 0 Å². The molecule has 1 fully saturated rings. The largest absolute Gasteiger partial charge is 0.327 e. The maximum Gasteiger partial charge on any atom is 0.228 e. The number of aldehydes is 1. The molecule has 4 nitrogen and oxygen atoms in total. The number of amides is 1. The van der Waals surface area contributed by atoms with Crippen LogP contribution in [0.5, 0.6) is 0 Å². The Balaban J connectivity index is 2.45. The Morgan fingerprint density at radius 1 is 1.77 bits per heavy atom. The third kappa shape index (κ3) is 2.70. The van der Waals surface area contributed by atoms with Gasteiger partial charge in [-0.25, -0.2) is 0 Å². The lowest BCUT2D eigenvalue weighted by Gasteiger charge is -2.13. The lowest BCUT2D eigenvalue weighted by atomic mass is 10.00. The van der Waals surface area contributed by atoms with Crippen LogP contribution >= 0.6 is 18.8 Å². The van der Waals surface area contributed by atoms with Crippen LogP contribution in [0.4, 0.5) is 0 Å². The van der Waals surface area contributed by atoms with E-state index in [1.54, 1.807) is 4.67 Å². The van der Waals surface area contributed by atoms with Crippen LogP contribution in [-0.2, 0) is 9.59 Å². The van der Waals surface area contributed by atoms with Gasteiger partial charge in [0.1, 0.15) is 6.29 Å². The molecule has 1 aliphatic rings. The van der Waals surface area contributed by atoms with Crippen LogP contribution in [0.25, 0.3) is 0 Å². The monoisotopic (exact) mass is 220 g/mol. The summed E-state index contributed by atoms with van der Waals surface area (Å²) in [7, 11) is 4.70. The van der Waals surface area contributed by atoms with Crippen molar-refractivity contribution in [2.45, 2.75) is 18.9 Å². The fraction of sp³-hybridized carbons (Fsp3) is 0.714. The van der Waals surface area contributed by atoms with E-state index < -0.39 is 0 Å². The Bertz CT molecular complexity index is 213. The van der Waals surface area contributed by atoms with Gasteiger partial charge in [-0.2, -0.15) is 0 Å². The van der Waals surface area contributed by atoms with Crippen LogP contribution in [0.1, 0.15) is 12.8 Å². The average Bonchev–Trinajstić information content (AvgIpc) is 2.45. The molecule has 1 amide bonds. The zero-order valence-electron chi connectivity index (χ0n) is 7.27. The van der Waals surface area contributed by atoms with Gasteiger partial charge in [0.2, 0.25) is 5.91 Å². The highest BCUT2D eigenvalue weighted by atomic mass is 31.0. The van der Waals surface area contributed by atoms with Crippen LogP contribution in [0.2, 0.25) is 0 Å². The van der Waals surface area contributed by atoms with Crippen molar-refractivity contribution in [2.24, 2.45) is 5.92 Å². The molecule has 13 heavy (non-hydrogen) atoms. The summed E-state index contributed by atoms with van der Waals surface area (Å²) in [6, 6.07) is -0.226. The molecular weight excluding hydrogens is 206 g/mol. The van der Waals surface area contributed by atoms with Gasteiger partial charge in [0.25, 0.3) is 0 Å². The predicted molar refractivity (Wildman–Crippen MR) is 56.8 cm³/mol. The summed E-state index contributed by atoms with van der Waals surface area (Å²) >= 11 is 0. The van der Waals surface area contributed by atoms with Gasteiger partial charge in [-0.15, -0.1) is 0 Å². The first-order chi connectivity index (χ1) is 6.19. The van der Waals surface area contributed by atoms with Gasteiger partial charge < -0.3 is 9.46 Å². The summed E-state index contributed by atoms with van der Waals surface area (Å²) in [6.45, 7) is 0.774. The molecule has 0 saturated carbocycles. The van der Waals surface area contributed by atoms with Crippen LogP contribution in [-0.4, -0.2) is 29.5 Å². The van der Waals surface area contributed by atoms with E-state index in [0.717, 1.165) is 19.3 Å². The van der Waals surface area contributed by atoms with E-state index in [0.29, 0.717) is 6.42 Å². The minimum absolute atomic E-state index is 0.000694. The minimum Gasteiger partial charge on any atom is -0.327 e. The molecular formula is C7H14N2O2P2. The van der Waals surface area contributed by atoms with Crippen molar-refractivity contribution in [3.63, 3.8) is 0 Å². The summed E-state index contributed by atoms with van der Waals surface area (Å²) in [6.07, 6.45) is 2.28. The lowest BCUT2D eigenvalue weighted by Crippen LogP contribution is -2.28. The second kappa shape index (κ2) is 4.99. The fourth-order valence-electron chi connectivity index (χ4n) is 1.45. The molecule has 0 bridgehead atoms. The maximum atomic E-state index is 11.4. The number of hydrogen-bond acceptors (Lipinski definition) is 3. The summed E-state index contributed by atoms with van der Waals surface area (Å²) in [5, 5.41) is 2.79. The van der Waals surface area contributed by atoms with Crippen molar-refractivity contribution in [1.82, 2.24) is 9.76 Å². The molecule has 0 aromatic rings. The predicted octanol–water partition coefficient (Wildman–Crippen LogP) is -0.0377. The Morgan fingerprint density at radius 3 is 2.85 bits per heavy atom. The number of rotatable bonds is 4. The molecule has 1 heterocycles. The average molecular weight is 220 g/mol. The van der Waals surface area contributed by atoms with Gasteiger partial charge in [0, 0.05) is 12.5 Å². The number of nitrogens with zero attached hydrogens (tertiary/aromatic N) is 1. The molecule has 0 aromatic heterocycles. The number of hydrogen-bond donors (Lipinski definition) is 1. The van der Waals surface area contributed by atoms with Crippen molar-refractivity contribution in [3.05, 3.63) is 0 Å². The summed E-state index contributed by atoms with van der Waals surface area (Å²) in [4.78, 5) is 21.9. The van der Waals surface area contributed by atoms with Gasteiger partial charge >= 0.3 is 0 Å². The Hall–Kier alpha value is -0.0400. The van der Waals surface area contributed by atoms with Crippen molar-refractivity contribution in [2.75, 3.05) is 6.54 Å². The Kier molecular flexibility index (Phi) is 4.24. The van der Waals surface area contributed by atoms with Crippen LogP contribution in [0, 0.1) is 5.92 Å². The zero-order chi connectivity index (χ0) is 9.84. The van der Waals surface area contributed by atoms with Crippen molar-refractivity contribution >= 4 is 31.0 Å². The molecule has 1 N–H and O–H groups in total. The van der Waals surface area contributed by atoms with E-state index in [-0.39, 0.29) is 17.9 Å². The van der Waals surface area contributed by atoms with Gasteiger partial charge in [-0.3, -0.25) is 9.88 Å². The smallest absolute Gasteiger partial charge is 0.228 e. The molecule has 0 aromatic carbocycles. The molecule has 74 valence electrons. The van der Waals surface area contributed by atoms with Crippen molar-refractivity contribution < 1.29 is 9.59 Å². The lowest BCUT2D eigenvalue weighted by molar-refractivity contribution is -0.127. The highest BCUT2D eigenvalue weighted by molar-refractivity contribution is 7.14. The van der Waals surface area contributed by atoms with Gasteiger partial charge in [0.15, 0.2) is 0 Å². The first kappa shape index (κ1) is 11.0. The van der Waals surface area contributed by atoms with Gasteiger partial charge in [-0.1, -0.05) is 9.39 Å². The maximum absolute atomic E-state index is 11.4. The normalized spacial score (nSPS) is 24.9. The number of nitrogens with one attached hydrogen (secondary N) is 1. The van der Waals surface area contributed by atoms with Crippen molar-refractivity contribution in [1.29, 1.82) is 0 Å². The number of carbonyl (C=O) groups is 2. The second-order valence-electron chi connectivity index (χ2n) is 3.16. The molecule has 0 aliphatic carbocycles. The highest BCUT2D eigenvalue weighted by Gasteiger charge is 2.30. The molecule has 1 aliphatic heterocycles. The van der Waals surface area contributed by atoms with E-state index in [4.69, 9.17) is 0 Å². The van der Waals surface area contributed by atoms with Gasteiger partial charge in [0.05, 0.1) is 6.04 Å². The fourth-order valence-corrected chi connectivity index (χ4v) is 2.03. The van der Waals surface area contributed by atoms with Crippen LogP contribution < -0.4 is 5.09 Å². The van der Waals surface area contributed by atoms with Crippen molar-refractivity contribution in [3.8, 4) is 0 Å². The number of carbonyl (C=O) groups excluding carboxylic acids is 2. The quantitative estimate of drug-likeness (QED) is 0.534. The van der Waals surface area contributed by atoms with Crippen LogP contribution in [0.15, 0.2) is 0 Å². The second-order valence-corrected chi connectivity index (χ2v) is 4.12. The first-order valence-corrected chi connectivity index (χ1v) is 5.26. The van der Waals surface area contributed by atoms with Crippen LogP contribution in [0.3, 0.4) is 0 Å². The molecule has 4 atom stereocenters. The molecule has 1 saturated heterocycles. The van der Waals surface area contributed by atoms with E-state index in [9.17, 15) is 9.59 Å². The topological polar surface area (TPSA) is 49.4 Å². The standard InChI is InChI=1S/C7H14N2O2P2/c10-4-6(8-12)3-5-1-2-9(13)7(5)11/h4-6,8H,1-3,12-13H2. The Labute approximate surface area is 82.3 Å². The molecule has 6 heteroatoms. The highest BCUT2D eigenvalue weighted by Crippen LogP contribution is 2.24. The third-order valence-electron chi connectivity index (χ3n) is 2.27. The summed E-state index contributed by atoms with van der Waals surface area (Å²) in [5.41, 5.74) is 0. The zero-order valence-corrected chi connectivity index (χ0v) is 9.58.